The fraction of sp³-hybridized carbons (Fsp3) is 0.455. The number of hydrogen-bond donors (Lipinski definition) is 1. The molecular weight excluding hydrogens is 208 g/mol. The summed E-state index contributed by atoms with van der Waals surface area (Å²) in [6, 6.07) is 6.46. The van der Waals surface area contributed by atoms with E-state index in [1.54, 1.807) is 12.1 Å². The molecule has 2 N–H and O–H groups in total. The molecule has 5 heteroatoms. The smallest absolute Gasteiger partial charge is 0.273 e. The largest absolute Gasteiger partial charge is 0.490 e. The van der Waals surface area contributed by atoms with E-state index in [0.717, 1.165) is 19.3 Å². The predicted octanol–water partition coefficient (Wildman–Crippen LogP) is 1.85. The van der Waals surface area contributed by atoms with Crippen LogP contribution in [0.2, 0.25) is 0 Å². The summed E-state index contributed by atoms with van der Waals surface area (Å²) in [5.41, 5.74) is 5.82. The Balaban J connectivity index is 2.04. The molecule has 0 aliphatic heterocycles. The molecule has 1 aromatic rings. The van der Waals surface area contributed by atoms with Crippen LogP contribution in [0.25, 0.3) is 0 Å². The van der Waals surface area contributed by atoms with Crippen LogP contribution in [0.15, 0.2) is 24.3 Å². The second-order valence-corrected chi connectivity index (χ2v) is 4.07. The van der Waals surface area contributed by atoms with Crippen LogP contribution in [-0.2, 0) is 0 Å². The van der Waals surface area contributed by atoms with Crippen LogP contribution in [0.3, 0.4) is 0 Å². The van der Waals surface area contributed by atoms with Gasteiger partial charge in [0.2, 0.25) is 0 Å². The highest BCUT2D eigenvalue weighted by molar-refractivity contribution is 5.38. The summed E-state index contributed by atoms with van der Waals surface area (Å²) in [5, 5.41) is 10.6. The fourth-order valence-corrected chi connectivity index (χ4v) is 1.94. The number of nitro groups is 1. The highest BCUT2D eigenvalue weighted by Gasteiger charge is 2.23. The number of hydrogen-bond acceptors (Lipinski definition) is 4. The summed E-state index contributed by atoms with van der Waals surface area (Å²) in [6.07, 6.45) is 2.79. The molecular formula is C11H14N2O3. The molecule has 86 valence electrons. The molecule has 0 aromatic heterocycles. The minimum absolute atomic E-state index is 0.0554. The lowest BCUT2D eigenvalue weighted by molar-refractivity contribution is -0.384. The molecule has 0 bridgehead atoms. The first-order valence-corrected chi connectivity index (χ1v) is 5.32. The Morgan fingerprint density at radius 2 is 2.25 bits per heavy atom. The van der Waals surface area contributed by atoms with Gasteiger partial charge in [-0.15, -0.1) is 0 Å². The molecule has 1 aromatic carbocycles. The van der Waals surface area contributed by atoms with Crippen molar-refractivity contribution in [2.24, 2.45) is 5.73 Å². The van der Waals surface area contributed by atoms with Gasteiger partial charge in [-0.2, -0.15) is 0 Å². The van der Waals surface area contributed by atoms with Gasteiger partial charge in [-0.3, -0.25) is 10.1 Å². The normalized spacial score (nSPS) is 24.3. The number of ether oxygens (including phenoxy) is 1. The van der Waals surface area contributed by atoms with Gasteiger partial charge in [0.15, 0.2) is 0 Å². The lowest BCUT2D eigenvalue weighted by Gasteiger charge is -2.12. The third-order valence-electron chi connectivity index (χ3n) is 2.76. The van der Waals surface area contributed by atoms with E-state index < -0.39 is 4.92 Å². The van der Waals surface area contributed by atoms with Crippen molar-refractivity contribution < 1.29 is 9.66 Å². The summed E-state index contributed by atoms with van der Waals surface area (Å²) < 4.78 is 5.65. The zero-order valence-corrected chi connectivity index (χ0v) is 8.83. The summed E-state index contributed by atoms with van der Waals surface area (Å²) in [5.74, 6) is 0.549. The van der Waals surface area contributed by atoms with E-state index in [0.29, 0.717) is 5.75 Å². The van der Waals surface area contributed by atoms with Crippen molar-refractivity contribution in [1.82, 2.24) is 0 Å². The molecule has 2 atom stereocenters. The summed E-state index contributed by atoms with van der Waals surface area (Å²) in [7, 11) is 0. The molecule has 1 fully saturated rings. The SMILES string of the molecule is NC1CCC(Oc2cccc([N+](=O)[O-])c2)C1. The Kier molecular flexibility index (Phi) is 3.05. The van der Waals surface area contributed by atoms with E-state index in [1.165, 1.54) is 12.1 Å². The fourth-order valence-electron chi connectivity index (χ4n) is 1.94. The Hall–Kier alpha value is -1.62. The van der Waals surface area contributed by atoms with Crippen molar-refractivity contribution in [3.8, 4) is 5.75 Å². The summed E-state index contributed by atoms with van der Waals surface area (Å²) >= 11 is 0. The van der Waals surface area contributed by atoms with Gasteiger partial charge in [0, 0.05) is 12.1 Å². The number of nitrogens with two attached hydrogens (primary N) is 1. The molecule has 0 heterocycles. The predicted molar refractivity (Wildman–Crippen MR) is 59.3 cm³/mol. The summed E-state index contributed by atoms with van der Waals surface area (Å²) in [4.78, 5) is 10.1. The topological polar surface area (TPSA) is 78.4 Å². The molecule has 1 aliphatic rings. The van der Waals surface area contributed by atoms with Crippen LogP contribution in [0.4, 0.5) is 5.69 Å². The average molecular weight is 222 g/mol. The van der Waals surface area contributed by atoms with Crippen molar-refractivity contribution in [1.29, 1.82) is 0 Å². The van der Waals surface area contributed by atoms with Crippen LogP contribution >= 0.6 is 0 Å². The van der Waals surface area contributed by atoms with Crippen molar-refractivity contribution in [3.63, 3.8) is 0 Å². The maximum atomic E-state index is 10.6. The van der Waals surface area contributed by atoms with Crippen molar-refractivity contribution in [2.45, 2.75) is 31.4 Å². The third kappa shape index (κ3) is 2.49. The van der Waals surface area contributed by atoms with Gasteiger partial charge in [0.1, 0.15) is 11.9 Å². The van der Waals surface area contributed by atoms with Gasteiger partial charge in [0.05, 0.1) is 11.0 Å². The highest BCUT2D eigenvalue weighted by atomic mass is 16.6. The van der Waals surface area contributed by atoms with E-state index in [-0.39, 0.29) is 17.8 Å². The first kappa shape index (κ1) is 10.9. The van der Waals surface area contributed by atoms with Crippen molar-refractivity contribution in [2.75, 3.05) is 0 Å². The Bertz CT molecular complexity index is 395. The van der Waals surface area contributed by atoms with E-state index >= 15 is 0 Å². The second kappa shape index (κ2) is 4.49. The number of nitrogens with zero attached hydrogens (tertiary/aromatic N) is 1. The van der Waals surface area contributed by atoms with Crippen LogP contribution < -0.4 is 10.5 Å². The standard InChI is InChI=1S/C11H14N2O3/c12-8-4-5-11(6-8)16-10-3-1-2-9(7-10)13(14)15/h1-3,7-8,11H,4-6,12H2. The molecule has 16 heavy (non-hydrogen) atoms. The van der Waals surface area contributed by atoms with Crippen molar-refractivity contribution in [3.05, 3.63) is 34.4 Å². The molecule has 0 saturated heterocycles. The van der Waals surface area contributed by atoms with Crippen LogP contribution in [0, 0.1) is 10.1 Å². The average Bonchev–Trinajstić information content (AvgIpc) is 2.64. The van der Waals surface area contributed by atoms with Crippen molar-refractivity contribution >= 4 is 5.69 Å². The summed E-state index contributed by atoms with van der Waals surface area (Å²) in [6.45, 7) is 0. The quantitative estimate of drug-likeness (QED) is 0.625. The molecule has 1 aliphatic carbocycles. The highest BCUT2D eigenvalue weighted by Crippen LogP contribution is 2.25. The van der Waals surface area contributed by atoms with E-state index in [1.807, 2.05) is 0 Å². The van der Waals surface area contributed by atoms with Gasteiger partial charge < -0.3 is 10.5 Å². The minimum atomic E-state index is -0.423. The van der Waals surface area contributed by atoms with Gasteiger partial charge in [-0.1, -0.05) is 6.07 Å². The first-order valence-electron chi connectivity index (χ1n) is 5.32. The minimum Gasteiger partial charge on any atom is -0.490 e. The zero-order chi connectivity index (χ0) is 11.5. The third-order valence-corrected chi connectivity index (χ3v) is 2.76. The number of non-ortho nitro benzene ring substituents is 1. The molecule has 1 saturated carbocycles. The zero-order valence-electron chi connectivity index (χ0n) is 8.83. The van der Waals surface area contributed by atoms with Gasteiger partial charge in [-0.25, -0.2) is 0 Å². The molecule has 0 spiro atoms. The molecule has 0 radical (unpaired) electrons. The monoisotopic (exact) mass is 222 g/mol. The van der Waals surface area contributed by atoms with Crippen LogP contribution in [0.5, 0.6) is 5.75 Å². The maximum Gasteiger partial charge on any atom is 0.273 e. The molecule has 2 rings (SSSR count). The van der Waals surface area contributed by atoms with Gasteiger partial charge in [0.25, 0.3) is 5.69 Å². The van der Waals surface area contributed by atoms with E-state index in [2.05, 4.69) is 0 Å². The number of nitro benzene ring substituents is 1. The molecule has 5 nitrogen and oxygen atoms in total. The first-order chi connectivity index (χ1) is 7.65. The van der Waals surface area contributed by atoms with E-state index in [9.17, 15) is 10.1 Å². The van der Waals surface area contributed by atoms with Crippen LogP contribution in [0.1, 0.15) is 19.3 Å². The number of benzene rings is 1. The van der Waals surface area contributed by atoms with Gasteiger partial charge in [-0.05, 0) is 25.3 Å². The molecule has 2 unspecified atom stereocenters. The Morgan fingerprint density at radius 1 is 1.44 bits per heavy atom. The van der Waals surface area contributed by atoms with Gasteiger partial charge >= 0.3 is 0 Å². The second-order valence-electron chi connectivity index (χ2n) is 4.07. The Labute approximate surface area is 93.4 Å². The lowest BCUT2D eigenvalue weighted by Crippen LogP contribution is -2.19. The van der Waals surface area contributed by atoms with E-state index in [4.69, 9.17) is 10.5 Å². The maximum absolute atomic E-state index is 10.6. The Morgan fingerprint density at radius 3 is 2.88 bits per heavy atom. The van der Waals surface area contributed by atoms with Crippen LogP contribution in [-0.4, -0.2) is 17.1 Å². The molecule has 0 amide bonds. The lowest BCUT2D eigenvalue weighted by atomic mass is 10.2. The number of rotatable bonds is 3.